The second kappa shape index (κ2) is 9.92. The number of amides is 1. The molecule has 11 nitrogen and oxygen atoms in total. The van der Waals surface area contributed by atoms with Crippen molar-refractivity contribution in [2.24, 2.45) is 0 Å². The highest BCUT2D eigenvalue weighted by Crippen LogP contribution is 2.34. The minimum absolute atomic E-state index is 0.102. The van der Waals surface area contributed by atoms with Gasteiger partial charge in [-0.25, -0.2) is 9.78 Å². The van der Waals surface area contributed by atoms with Crippen LogP contribution < -0.4 is 15.5 Å². The van der Waals surface area contributed by atoms with Crippen molar-refractivity contribution in [2.75, 3.05) is 61.1 Å². The molecule has 0 unspecified atom stereocenters. The Hall–Kier alpha value is -2.93. The van der Waals surface area contributed by atoms with Crippen LogP contribution in [-0.4, -0.2) is 76.9 Å². The molecule has 12 heteroatoms. The Labute approximate surface area is 181 Å². The fourth-order valence-electron chi connectivity index (χ4n) is 2.94. The topological polar surface area (TPSA) is 153 Å². The van der Waals surface area contributed by atoms with E-state index in [9.17, 15) is 13.9 Å². The number of hydrogen-bond acceptors (Lipinski definition) is 10. The zero-order valence-electron chi connectivity index (χ0n) is 17.3. The van der Waals surface area contributed by atoms with E-state index in [0.717, 1.165) is 6.21 Å². The minimum Gasteiger partial charge on any atom is -0.453 e. The third-order valence-corrected chi connectivity index (χ3v) is 5.17. The summed E-state index contributed by atoms with van der Waals surface area (Å²) < 4.78 is 29.5. The summed E-state index contributed by atoms with van der Waals surface area (Å²) in [6.07, 6.45) is 1.89. The average Bonchev–Trinajstić information content (AvgIpc) is 2.77. The molecule has 0 spiro atoms. The van der Waals surface area contributed by atoms with Crippen LogP contribution in [0.2, 0.25) is 0 Å². The number of nitrogens with zero attached hydrogens (tertiary/aromatic N) is 3. The van der Waals surface area contributed by atoms with Crippen LogP contribution >= 0.6 is 10.6 Å². The minimum atomic E-state index is -2.81. The van der Waals surface area contributed by atoms with Gasteiger partial charge >= 0.3 is 6.09 Å². The SMILES string of the molecule is COC(=O)Nc1ccc(-c2nc(N3CCOCC3)nc(NCS(C)(O)O)c2C=N)cc1. The highest BCUT2D eigenvalue weighted by atomic mass is 32.3. The molecule has 0 radical (unpaired) electrons. The lowest BCUT2D eigenvalue weighted by atomic mass is 10.1. The number of ether oxygens (including phenoxy) is 2. The number of rotatable bonds is 7. The molecule has 3 rings (SSSR count). The molecule has 31 heavy (non-hydrogen) atoms. The quantitative estimate of drug-likeness (QED) is 0.401. The highest BCUT2D eigenvalue weighted by molar-refractivity contribution is 8.23. The molecular weight excluding hydrogens is 424 g/mol. The maximum Gasteiger partial charge on any atom is 0.411 e. The van der Waals surface area contributed by atoms with Crippen molar-refractivity contribution >= 4 is 40.4 Å². The Morgan fingerprint density at radius 2 is 1.97 bits per heavy atom. The Morgan fingerprint density at radius 3 is 2.55 bits per heavy atom. The van der Waals surface area contributed by atoms with Crippen molar-refractivity contribution in [3.8, 4) is 11.3 Å². The first kappa shape index (κ1) is 22.7. The van der Waals surface area contributed by atoms with Crippen LogP contribution in [0.3, 0.4) is 0 Å². The van der Waals surface area contributed by atoms with E-state index < -0.39 is 16.7 Å². The number of anilines is 3. The summed E-state index contributed by atoms with van der Waals surface area (Å²) in [5.74, 6) is 0.685. The molecule has 0 aliphatic carbocycles. The molecule has 1 fully saturated rings. The number of aromatic nitrogens is 2. The summed E-state index contributed by atoms with van der Waals surface area (Å²) in [5.41, 5.74) is 2.17. The molecule has 2 heterocycles. The lowest BCUT2D eigenvalue weighted by Crippen LogP contribution is -2.37. The van der Waals surface area contributed by atoms with Crippen LogP contribution in [0.1, 0.15) is 5.56 Å². The van der Waals surface area contributed by atoms with Gasteiger partial charge in [0.15, 0.2) is 0 Å². The van der Waals surface area contributed by atoms with E-state index in [1.807, 2.05) is 4.90 Å². The van der Waals surface area contributed by atoms with Crippen molar-refractivity contribution in [3.63, 3.8) is 0 Å². The molecule has 0 atom stereocenters. The summed E-state index contributed by atoms with van der Waals surface area (Å²) in [5, 5.41) is 13.4. The van der Waals surface area contributed by atoms with Gasteiger partial charge in [0, 0.05) is 36.8 Å². The van der Waals surface area contributed by atoms with Gasteiger partial charge in [0.2, 0.25) is 5.95 Å². The van der Waals surface area contributed by atoms with Gasteiger partial charge in [0.25, 0.3) is 0 Å². The van der Waals surface area contributed by atoms with Gasteiger partial charge < -0.3 is 25.1 Å². The second-order valence-corrected chi connectivity index (χ2v) is 9.16. The van der Waals surface area contributed by atoms with Crippen LogP contribution in [0, 0.1) is 5.41 Å². The summed E-state index contributed by atoms with van der Waals surface area (Å²) >= 11 is 0. The Kier molecular flexibility index (Phi) is 7.28. The van der Waals surface area contributed by atoms with E-state index in [2.05, 4.69) is 25.3 Å². The Bertz CT molecular complexity index is 929. The first-order chi connectivity index (χ1) is 14.8. The first-order valence-electron chi connectivity index (χ1n) is 9.46. The monoisotopic (exact) mass is 450 g/mol. The van der Waals surface area contributed by atoms with Crippen LogP contribution in [0.15, 0.2) is 24.3 Å². The van der Waals surface area contributed by atoms with E-state index in [4.69, 9.17) is 10.1 Å². The molecule has 0 saturated carbocycles. The fourth-order valence-corrected chi connectivity index (χ4v) is 3.35. The van der Waals surface area contributed by atoms with Crippen molar-refractivity contribution < 1.29 is 23.4 Å². The zero-order chi connectivity index (χ0) is 22.4. The van der Waals surface area contributed by atoms with E-state index in [1.54, 1.807) is 24.3 Å². The highest BCUT2D eigenvalue weighted by Gasteiger charge is 2.21. The summed E-state index contributed by atoms with van der Waals surface area (Å²) in [6, 6.07) is 6.93. The molecule has 5 N–H and O–H groups in total. The smallest absolute Gasteiger partial charge is 0.411 e. The summed E-state index contributed by atoms with van der Waals surface area (Å²) in [6.45, 7) is 2.34. The maximum atomic E-state index is 11.4. The molecule has 2 aromatic rings. The number of morpholine rings is 1. The normalized spacial score (nSPS) is 14.6. The van der Waals surface area contributed by atoms with Gasteiger partial charge in [0.1, 0.15) is 11.7 Å². The van der Waals surface area contributed by atoms with Crippen LogP contribution in [0.4, 0.5) is 22.2 Å². The molecule has 0 bridgehead atoms. The summed E-state index contributed by atoms with van der Waals surface area (Å²) in [4.78, 5) is 22.6. The molecular formula is C19H26N6O5S. The molecule has 1 aromatic heterocycles. The lowest BCUT2D eigenvalue weighted by molar-refractivity contribution is 0.122. The molecule has 1 aliphatic rings. The molecule has 1 aliphatic heterocycles. The molecule has 1 saturated heterocycles. The van der Waals surface area contributed by atoms with Gasteiger partial charge in [0.05, 0.1) is 31.6 Å². The predicted octanol–water partition coefficient (Wildman–Crippen LogP) is 2.91. The maximum absolute atomic E-state index is 11.4. The molecule has 168 valence electrons. The lowest BCUT2D eigenvalue weighted by Gasteiger charge is -2.29. The molecule has 1 amide bonds. The van der Waals surface area contributed by atoms with Crippen molar-refractivity contribution in [3.05, 3.63) is 29.8 Å². The number of methoxy groups -OCH3 is 1. The number of carbonyl (C=O) groups is 1. The van der Waals surface area contributed by atoms with Crippen LogP contribution in [0.5, 0.6) is 0 Å². The largest absolute Gasteiger partial charge is 0.453 e. The first-order valence-corrected chi connectivity index (χ1v) is 11.6. The summed E-state index contributed by atoms with van der Waals surface area (Å²) in [7, 11) is -1.53. The number of benzene rings is 1. The fraction of sp³-hybridized carbons (Fsp3) is 0.368. The van der Waals surface area contributed by atoms with Gasteiger partial charge in [-0.1, -0.05) is 12.1 Å². The number of hydrogen-bond donors (Lipinski definition) is 5. The number of carbonyl (C=O) groups excluding carboxylic acids is 1. The van der Waals surface area contributed by atoms with Crippen molar-refractivity contribution in [1.29, 1.82) is 5.41 Å². The predicted molar refractivity (Wildman–Crippen MR) is 122 cm³/mol. The van der Waals surface area contributed by atoms with Gasteiger partial charge in [-0.15, -0.1) is 0 Å². The van der Waals surface area contributed by atoms with Gasteiger partial charge in [-0.05, 0) is 12.1 Å². The van der Waals surface area contributed by atoms with Crippen molar-refractivity contribution in [1.82, 2.24) is 9.97 Å². The van der Waals surface area contributed by atoms with E-state index in [1.165, 1.54) is 13.4 Å². The van der Waals surface area contributed by atoms with E-state index in [-0.39, 0.29) is 5.88 Å². The van der Waals surface area contributed by atoms with Gasteiger partial charge in [-0.2, -0.15) is 15.6 Å². The number of nitrogens with one attached hydrogen (secondary N) is 3. The second-order valence-electron chi connectivity index (χ2n) is 6.89. The van der Waals surface area contributed by atoms with Gasteiger partial charge in [-0.3, -0.25) is 14.4 Å². The third-order valence-electron chi connectivity index (χ3n) is 4.48. The van der Waals surface area contributed by atoms with E-state index >= 15 is 0 Å². The van der Waals surface area contributed by atoms with Crippen LogP contribution in [-0.2, 0) is 9.47 Å². The van der Waals surface area contributed by atoms with Crippen molar-refractivity contribution in [2.45, 2.75) is 0 Å². The van der Waals surface area contributed by atoms with E-state index in [0.29, 0.717) is 60.6 Å². The third kappa shape index (κ3) is 6.04. The standard InChI is InChI=1S/C19H26N6O5S/c1-29-19(26)22-14-5-3-13(4-6-14)16-15(11-20)17(21-12-31(2,27)28)24-18(23-16)25-7-9-30-10-8-25/h3-6,11,20,27-28H,7-10,12H2,1-2H3,(H,22,26)(H,21,23,24). The average molecular weight is 451 g/mol. The molecule has 1 aromatic carbocycles. The Morgan fingerprint density at radius 1 is 1.29 bits per heavy atom. The zero-order valence-corrected chi connectivity index (χ0v) is 18.1. The van der Waals surface area contributed by atoms with Crippen LogP contribution in [0.25, 0.3) is 11.3 Å². The Balaban J connectivity index is 2.01.